The van der Waals surface area contributed by atoms with Crippen LogP contribution in [0, 0.1) is 11.8 Å². The van der Waals surface area contributed by atoms with Crippen LogP contribution in [0.25, 0.3) is 0 Å². The minimum absolute atomic E-state index is 0.0452. The zero-order valence-electron chi connectivity index (χ0n) is 12.9. The number of halogens is 1. The number of amides is 2. The molecule has 1 unspecified atom stereocenters. The van der Waals surface area contributed by atoms with Crippen LogP contribution in [0.5, 0.6) is 0 Å². The van der Waals surface area contributed by atoms with Crippen molar-refractivity contribution in [2.24, 2.45) is 17.6 Å². The second kappa shape index (κ2) is 6.74. The molecule has 0 spiro atoms. The average molecular weight is 337 g/mol. The number of pyridine rings is 1. The first-order chi connectivity index (χ1) is 11.0. The molecule has 2 amide bonds. The molecule has 3 rings (SSSR count). The molecule has 1 aliphatic heterocycles. The highest BCUT2D eigenvalue weighted by Crippen LogP contribution is 2.30. The molecule has 3 N–H and O–H groups in total. The van der Waals surface area contributed by atoms with Gasteiger partial charge in [-0.2, -0.15) is 0 Å². The van der Waals surface area contributed by atoms with Gasteiger partial charge in [0, 0.05) is 25.8 Å². The molecule has 7 heteroatoms. The third-order valence-electron chi connectivity index (χ3n) is 4.46. The second-order valence-corrected chi connectivity index (χ2v) is 6.77. The summed E-state index contributed by atoms with van der Waals surface area (Å²) in [6.07, 6.45) is 5.67. The van der Waals surface area contributed by atoms with E-state index in [0.29, 0.717) is 23.3 Å². The minimum atomic E-state index is -0.554. The molecule has 0 radical (unpaired) electrons. The van der Waals surface area contributed by atoms with E-state index in [0.717, 1.165) is 25.9 Å². The van der Waals surface area contributed by atoms with Gasteiger partial charge in [-0.25, -0.2) is 4.98 Å². The Hall–Kier alpha value is -1.82. The maximum Gasteiger partial charge on any atom is 0.250 e. The Labute approximate surface area is 140 Å². The fraction of sp³-hybridized carbons (Fsp3) is 0.562. The highest BCUT2D eigenvalue weighted by atomic mass is 35.5. The summed E-state index contributed by atoms with van der Waals surface area (Å²) in [6.45, 7) is 2.19. The van der Waals surface area contributed by atoms with Crippen LogP contribution < -0.4 is 16.0 Å². The lowest BCUT2D eigenvalue weighted by atomic mass is 9.97. The highest BCUT2D eigenvalue weighted by molar-refractivity contribution is 6.33. The van der Waals surface area contributed by atoms with Crippen LogP contribution in [0.4, 0.5) is 5.82 Å². The number of nitrogens with two attached hydrogens (primary N) is 1. The minimum Gasteiger partial charge on any atom is -0.366 e. The van der Waals surface area contributed by atoms with Gasteiger partial charge in [0.2, 0.25) is 11.8 Å². The zero-order chi connectivity index (χ0) is 16.4. The SMILES string of the molecule is NC(=O)c1cnc(N2CCCC(C(=O)NCC3CC3)C2)c(Cl)c1. The van der Waals surface area contributed by atoms with Gasteiger partial charge in [0.25, 0.3) is 0 Å². The highest BCUT2D eigenvalue weighted by Gasteiger charge is 2.29. The molecule has 1 saturated carbocycles. The van der Waals surface area contributed by atoms with Crippen LogP contribution in [0.15, 0.2) is 12.3 Å². The van der Waals surface area contributed by atoms with Crippen molar-refractivity contribution in [3.63, 3.8) is 0 Å². The fourth-order valence-corrected chi connectivity index (χ4v) is 3.18. The Balaban J connectivity index is 1.65. The van der Waals surface area contributed by atoms with Crippen molar-refractivity contribution in [1.29, 1.82) is 0 Å². The predicted molar refractivity (Wildman–Crippen MR) is 88.4 cm³/mol. The average Bonchev–Trinajstić information content (AvgIpc) is 3.37. The first-order valence-electron chi connectivity index (χ1n) is 8.02. The summed E-state index contributed by atoms with van der Waals surface area (Å²) < 4.78 is 0. The molecular formula is C16H21ClN4O2. The normalized spacial score (nSPS) is 21.1. The summed E-state index contributed by atoms with van der Waals surface area (Å²) >= 11 is 6.23. The summed E-state index contributed by atoms with van der Waals surface area (Å²) in [5.41, 5.74) is 5.52. The largest absolute Gasteiger partial charge is 0.366 e. The van der Waals surface area contributed by atoms with E-state index in [9.17, 15) is 9.59 Å². The molecule has 0 aromatic carbocycles. The van der Waals surface area contributed by atoms with E-state index in [1.165, 1.54) is 25.1 Å². The fourth-order valence-electron chi connectivity index (χ4n) is 2.89. The number of nitrogens with one attached hydrogen (secondary N) is 1. The van der Waals surface area contributed by atoms with Crippen LogP contribution in [0.3, 0.4) is 0 Å². The number of anilines is 1. The molecule has 2 heterocycles. The Kier molecular flexibility index (Phi) is 4.71. The van der Waals surface area contributed by atoms with Crippen molar-refractivity contribution in [3.05, 3.63) is 22.8 Å². The van der Waals surface area contributed by atoms with Crippen molar-refractivity contribution in [2.75, 3.05) is 24.5 Å². The van der Waals surface area contributed by atoms with E-state index < -0.39 is 5.91 Å². The maximum absolute atomic E-state index is 12.3. The van der Waals surface area contributed by atoms with E-state index in [2.05, 4.69) is 10.3 Å². The van der Waals surface area contributed by atoms with Crippen LogP contribution in [-0.2, 0) is 4.79 Å². The molecule has 2 aliphatic rings. The zero-order valence-corrected chi connectivity index (χ0v) is 13.7. The smallest absolute Gasteiger partial charge is 0.250 e. The number of primary amides is 1. The van der Waals surface area contributed by atoms with E-state index >= 15 is 0 Å². The van der Waals surface area contributed by atoms with Gasteiger partial charge >= 0.3 is 0 Å². The Bertz CT molecular complexity index is 618. The topological polar surface area (TPSA) is 88.3 Å². The summed E-state index contributed by atoms with van der Waals surface area (Å²) in [5.74, 6) is 0.803. The molecule has 1 saturated heterocycles. The van der Waals surface area contributed by atoms with Crippen LogP contribution in [-0.4, -0.2) is 36.4 Å². The molecule has 23 heavy (non-hydrogen) atoms. The molecule has 6 nitrogen and oxygen atoms in total. The third-order valence-corrected chi connectivity index (χ3v) is 4.74. The Morgan fingerprint density at radius 3 is 2.83 bits per heavy atom. The molecule has 1 atom stereocenters. The Morgan fingerprint density at radius 2 is 2.17 bits per heavy atom. The van der Waals surface area contributed by atoms with E-state index in [1.807, 2.05) is 4.90 Å². The lowest BCUT2D eigenvalue weighted by Crippen LogP contribution is -2.44. The van der Waals surface area contributed by atoms with E-state index in [4.69, 9.17) is 17.3 Å². The molecular weight excluding hydrogens is 316 g/mol. The van der Waals surface area contributed by atoms with Gasteiger partial charge in [-0.3, -0.25) is 9.59 Å². The molecule has 1 aromatic rings. The molecule has 2 fully saturated rings. The number of piperidine rings is 1. The van der Waals surface area contributed by atoms with E-state index in [1.54, 1.807) is 0 Å². The molecule has 0 bridgehead atoms. The lowest BCUT2D eigenvalue weighted by molar-refractivity contribution is -0.125. The number of nitrogens with zero attached hydrogens (tertiary/aromatic N) is 2. The van der Waals surface area contributed by atoms with Crippen molar-refractivity contribution in [1.82, 2.24) is 10.3 Å². The van der Waals surface area contributed by atoms with Gasteiger partial charge in [0.05, 0.1) is 16.5 Å². The summed E-state index contributed by atoms with van der Waals surface area (Å²) in [5, 5.41) is 3.43. The molecule has 124 valence electrons. The first kappa shape index (κ1) is 16.1. The third kappa shape index (κ3) is 3.93. The van der Waals surface area contributed by atoms with E-state index in [-0.39, 0.29) is 17.4 Å². The number of hydrogen-bond donors (Lipinski definition) is 2. The van der Waals surface area contributed by atoms with Crippen molar-refractivity contribution in [3.8, 4) is 0 Å². The summed E-state index contributed by atoms with van der Waals surface area (Å²) in [4.78, 5) is 29.7. The first-order valence-corrected chi connectivity index (χ1v) is 8.40. The number of rotatable bonds is 5. The van der Waals surface area contributed by atoms with Gasteiger partial charge in [0.1, 0.15) is 5.82 Å². The monoisotopic (exact) mass is 336 g/mol. The van der Waals surface area contributed by atoms with Gasteiger partial charge in [0.15, 0.2) is 0 Å². The Morgan fingerprint density at radius 1 is 1.39 bits per heavy atom. The van der Waals surface area contributed by atoms with Crippen molar-refractivity contribution in [2.45, 2.75) is 25.7 Å². The van der Waals surface area contributed by atoms with Gasteiger partial charge in [-0.1, -0.05) is 11.6 Å². The van der Waals surface area contributed by atoms with Crippen LogP contribution in [0.1, 0.15) is 36.0 Å². The van der Waals surface area contributed by atoms with Crippen molar-refractivity contribution < 1.29 is 9.59 Å². The van der Waals surface area contributed by atoms with Crippen LogP contribution >= 0.6 is 11.6 Å². The number of aromatic nitrogens is 1. The summed E-state index contributed by atoms with van der Waals surface area (Å²) in [7, 11) is 0. The van der Waals surface area contributed by atoms with Gasteiger partial charge in [-0.15, -0.1) is 0 Å². The van der Waals surface area contributed by atoms with Crippen molar-refractivity contribution >= 4 is 29.2 Å². The molecule has 1 aromatic heterocycles. The lowest BCUT2D eigenvalue weighted by Gasteiger charge is -2.33. The molecule has 1 aliphatic carbocycles. The van der Waals surface area contributed by atoms with Gasteiger partial charge < -0.3 is 16.0 Å². The number of carbonyl (C=O) groups excluding carboxylic acids is 2. The predicted octanol–water partition coefficient (Wildman–Crippen LogP) is 1.58. The standard InChI is InChI=1S/C16H21ClN4O2/c17-13-6-12(14(18)22)8-19-15(13)21-5-1-2-11(9-21)16(23)20-7-10-3-4-10/h6,8,10-11H,1-5,7,9H2,(H2,18,22)(H,20,23). The van der Waals surface area contributed by atoms with Crippen LogP contribution in [0.2, 0.25) is 5.02 Å². The summed E-state index contributed by atoms with van der Waals surface area (Å²) in [6, 6.07) is 1.53. The van der Waals surface area contributed by atoms with Gasteiger partial charge in [-0.05, 0) is 37.7 Å². The second-order valence-electron chi connectivity index (χ2n) is 6.37. The number of hydrogen-bond acceptors (Lipinski definition) is 4. The maximum atomic E-state index is 12.3. The number of carbonyl (C=O) groups is 2. The quantitative estimate of drug-likeness (QED) is 0.854.